The maximum absolute atomic E-state index is 9.30. The van der Waals surface area contributed by atoms with E-state index >= 15 is 0 Å². The first-order valence-corrected chi connectivity index (χ1v) is 5.17. The Bertz CT molecular complexity index is 331. The quantitative estimate of drug-likeness (QED) is 0.380. The maximum atomic E-state index is 9.30. The van der Waals surface area contributed by atoms with Gasteiger partial charge in [-0.2, -0.15) is 0 Å². The molecule has 1 aromatic rings. The van der Waals surface area contributed by atoms with Crippen LogP contribution in [0, 0.1) is 0 Å². The predicted molar refractivity (Wildman–Crippen MR) is 59.3 cm³/mol. The number of aromatic hydroxyl groups is 3. The standard InChI is InChI=1S/C11H17NO4/c12-8(3-1-2-4-13)7-5-9(14)11(16)10(15)6-7/h5-6,8,13-16H,1-4,12H2/t8-/m0/s1. The average Bonchev–Trinajstić information content (AvgIpc) is 2.25. The minimum atomic E-state index is -0.536. The lowest BCUT2D eigenvalue weighted by atomic mass is 10.0. The van der Waals surface area contributed by atoms with Gasteiger partial charge in [-0.15, -0.1) is 0 Å². The van der Waals surface area contributed by atoms with Gasteiger partial charge in [-0.3, -0.25) is 0 Å². The van der Waals surface area contributed by atoms with Gasteiger partial charge in [0.1, 0.15) is 0 Å². The summed E-state index contributed by atoms with van der Waals surface area (Å²) in [6.45, 7) is 0.124. The second kappa shape index (κ2) is 5.58. The number of benzene rings is 1. The minimum absolute atomic E-state index is 0.124. The number of aliphatic hydroxyl groups is 1. The number of hydrogen-bond donors (Lipinski definition) is 5. The fourth-order valence-electron chi connectivity index (χ4n) is 1.48. The van der Waals surface area contributed by atoms with E-state index in [0.29, 0.717) is 18.4 Å². The van der Waals surface area contributed by atoms with Crippen molar-refractivity contribution >= 4 is 0 Å². The second-order valence-electron chi connectivity index (χ2n) is 3.73. The highest BCUT2D eigenvalue weighted by Crippen LogP contribution is 2.37. The Morgan fingerprint density at radius 1 is 1.06 bits per heavy atom. The van der Waals surface area contributed by atoms with Gasteiger partial charge in [-0.05, 0) is 37.0 Å². The van der Waals surface area contributed by atoms with E-state index in [4.69, 9.17) is 15.9 Å². The summed E-state index contributed by atoms with van der Waals surface area (Å²) in [7, 11) is 0. The molecule has 0 heterocycles. The summed E-state index contributed by atoms with van der Waals surface area (Å²) in [5.41, 5.74) is 6.40. The smallest absolute Gasteiger partial charge is 0.200 e. The first-order chi connectivity index (χ1) is 7.56. The molecule has 5 nitrogen and oxygen atoms in total. The molecule has 0 aliphatic rings. The molecule has 1 aromatic carbocycles. The Kier molecular flexibility index (Phi) is 4.39. The molecule has 0 aromatic heterocycles. The van der Waals surface area contributed by atoms with E-state index in [9.17, 15) is 10.2 Å². The van der Waals surface area contributed by atoms with E-state index in [1.165, 1.54) is 12.1 Å². The van der Waals surface area contributed by atoms with Crippen molar-refractivity contribution < 1.29 is 20.4 Å². The number of hydrogen-bond acceptors (Lipinski definition) is 5. The maximum Gasteiger partial charge on any atom is 0.200 e. The highest BCUT2D eigenvalue weighted by Gasteiger charge is 2.12. The summed E-state index contributed by atoms with van der Waals surface area (Å²) < 4.78 is 0. The molecule has 0 radical (unpaired) electrons. The van der Waals surface area contributed by atoms with Crippen LogP contribution < -0.4 is 5.73 Å². The van der Waals surface area contributed by atoms with Crippen molar-refractivity contribution in [1.29, 1.82) is 0 Å². The summed E-state index contributed by atoms with van der Waals surface area (Å²) in [6.07, 6.45) is 2.08. The molecule has 16 heavy (non-hydrogen) atoms. The number of nitrogens with two attached hydrogens (primary N) is 1. The molecular weight excluding hydrogens is 210 g/mol. The molecule has 0 aliphatic heterocycles. The zero-order valence-electron chi connectivity index (χ0n) is 8.93. The van der Waals surface area contributed by atoms with Crippen molar-refractivity contribution in [2.24, 2.45) is 5.73 Å². The molecule has 1 atom stereocenters. The van der Waals surface area contributed by atoms with Gasteiger partial charge in [0.15, 0.2) is 17.2 Å². The van der Waals surface area contributed by atoms with Crippen LogP contribution in [-0.2, 0) is 0 Å². The van der Waals surface area contributed by atoms with Gasteiger partial charge < -0.3 is 26.2 Å². The molecule has 6 N–H and O–H groups in total. The second-order valence-corrected chi connectivity index (χ2v) is 3.73. The van der Waals surface area contributed by atoms with Crippen LogP contribution in [0.15, 0.2) is 12.1 Å². The Morgan fingerprint density at radius 2 is 1.62 bits per heavy atom. The Morgan fingerprint density at radius 3 is 2.12 bits per heavy atom. The van der Waals surface area contributed by atoms with Crippen molar-refractivity contribution in [2.45, 2.75) is 25.3 Å². The molecule has 90 valence electrons. The van der Waals surface area contributed by atoms with E-state index in [1.54, 1.807) is 0 Å². The molecular formula is C11H17NO4. The fraction of sp³-hybridized carbons (Fsp3) is 0.455. The molecule has 1 rings (SSSR count). The SMILES string of the molecule is N[C@@H](CCCCO)c1cc(O)c(O)c(O)c1. The van der Waals surface area contributed by atoms with Gasteiger partial charge in [0, 0.05) is 12.6 Å². The summed E-state index contributed by atoms with van der Waals surface area (Å²) >= 11 is 0. The third kappa shape index (κ3) is 3.01. The van der Waals surface area contributed by atoms with E-state index in [0.717, 1.165) is 6.42 Å². The molecule has 0 amide bonds. The van der Waals surface area contributed by atoms with Crippen molar-refractivity contribution in [1.82, 2.24) is 0 Å². The van der Waals surface area contributed by atoms with Gasteiger partial charge >= 0.3 is 0 Å². The van der Waals surface area contributed by atoms with Gasteiger partial charge in [0.05, 0.1) is 0 Å². The number of unbranched alkanes of at least 4 members (excludes halogenated alkanes) is 1. The molecule has 0 saturated carbocycles. The monoisotopic (exact) mass is 227 g/mol. The normalized spacial score (nSPS) is 12.6. The lowest BCUT2D eigenvalue weighted by molar-refractivity contribution is 0.281. The van der Waals surface area contributed by atoms with Gasteiger partial charge in [0.2, 0.25) is 0 Å². The number of aliphatic hydroxyl groups excluding tert-OH is 1. The minimum Gasteiger partial charge on any atom is -0.504 e. The lowest BCUT2D eigenvalue weighted by Gasteiger charge is -2.13. The molecule has 0 saturated heterocycles. The van der Waals surface area contributed by atoms with Crippen molar-refractivity contribution in [3.05, 3.63) is 17.7 Å². The first-order valence-electron chi connectivity index (χ1n) is 5.17. The molecule has 0 fully saturated rings. The highest BCUT2D eigenvalue weighted by molar-refractivity contribution is 5.51. The number of rotatable bonds is 5. The zero-order chi connectivity index (χ0) is 12.1. The van der Waals surface area contributed by atoms with E-state index in [2.05, 4.69) is 0 Å². The van der Waals surface area contributed by atoms with Gasteiger partial charge in [0.25, 0.3) is 0 Å². The summed E-state index contributed by atoms with van der Waals surface area (Å²) in [5, 5.41) is 36.4. The third-order valence-corrected chi connectivity index (χ3v) is 2.44. The van der Waals surface area contributed by atoms with Crippen LogP contribution in [0.3, 0.4) is 0 Å². The van der Waals surface area contributed by atoms with Crippen LogP contribution in [0.1, 0.15) is 30.9 Å². The number of phenolic OH excluding ortho intramolecular Hbond substituents is 3. The van der Waals surface area contributed by atoms with E-state index in [-0.39, 0.29) is 24.1 Å². The van der Waals surface area contributed by atoms with Crippen LogP contribution in [0.2, 0.25) is 0 Å². The van der Waals surface area contributed by atoms with Crippen molar-refractivity contribution in [3.8, 4) is 17.2 Å². The average molecular weight is 227 g/mol. The van der Waals surface area contributed by atoms with Crippen LogP contribution >= 0.6 is 0 Å². The Hall–Kier alpha value is -1.46. The van der Waals surface area contributed by atoms with Crippen LogP contribution in [0.4, 0.5) is 0 Å². The largest absolute Gasteiger partial charge is 0.504 e. The molecule has 0 spiro atoms. The fourth-order valence-corrected chi connectivity index (χ4v) is 1.48. The van der Waals surface area contributed by atoms with Crippen LogP contribution in [0.25, 0.3) is 0 Å². The van der Waals surface area contributed by atoms with Gasteiger partial charge in [-0.25, -0.2) is 0 Å². The van der Waals surface area contributed by atoms with Crippen molar-refractivity contribution in [2.75, 3.05) is 6.61 Å². The Labute approximate surface area is 93.8 Å². The lowest BCUT2D eigenvalue weighted by Crippen LogP contribution is -2.10. The van der Waals surface area contributed by atoms with Gasteiger partial charge in [-0.1, -0.05) is 0 Å². The first kappa shape index (κ1) is 12.6. The van der Waals surface area contributed by atoms with Crippen LogP contribution in [-0.4, -0.2) is 27.0 Å². The van der Waals surface area contributed by atoms with Crippen molar-refractivity contribution in [3.63, 3.8) is 0 Å². The van der Waals surface area contributed by atoms with E-state index in [1.807, 2.05) is 0 Å². The van der Waals surface area contributed by atoms with E-state index < -0.39 is 5.75 Å². The number of phenols is 3. The topological polar surface area (TPSA) is 107 Å². The molecule has 5 heteroatoms. The Balaban J connectivity index is 2.72. The predicted octanol–water partition coefficient (Wildman–Crippen LogP) is 0.966. The zero-order valence-corrected chi connectivity index (χ0v) is 8.93. The molecule has 0 unspecified atom stereocenters. The summed E-state index contributed by atoms with van der Waals surface area (Å²) in [4.78, 5) is 0. The van der Waals surface area contributed by atoms with Crippen LogP contribution in [0.5, 0.6) is 17.2 Å². The molecule has 0 aliphatic carbocycles. The highest BCUT2D eigenvalue weighted by atomic mass is 16.3. The summed E-state index contributed by atoms with van der Waals surface area (Å²) in [6, 6.07) is 2.33. The third-order valence-electron chi connectivity index (χ3n) is 2.44. The molecule has 0 bridgehead atoms. The summed E-state index contributed by atoms with van der Waals surface area (Å²) in [5.74, 6) is -1.30.